The molecule has 0 aliphatic rings. The zero-order chi connectivity index (χ0) is 13.6. The summed E-state index contributed by atoms with van der Waals surface area (Å²) in [6, 6.07) is 7.18. The fourth-order valence-electron chi connectivity index (χ4n) is 1.82. The highest BCUT2D eigenvalue weighted by Gasteiger charge is 2.13. The molecule has 0 spiro atoms. The molecule has 96 valence electrons. The predicted octanol–water partition coefficient (Wildman–Crippen LogP) is 4.81. The Morgan fingerprint density at radius 2 is 1.79 bits per heavy atom. The molecule has 2 aromatic carbocycles. The fourth-order valence-corrected chi connectivity index (χ4v) is 2.21. The maximum atomic E-state index is 13.1. The van der Waals surface area contributed by atoms with Gasteiger partial charge in [0.15, 0.2) is 11.6 Å². The first kappa shape index (κ1) is 12.4. The number of hydrogen-bond donors (Lipinski definition) is 1. The second-order valence-corrected chi connectivity index (χ2v) is 4.76. The second kappa shape index (κ2) is 4.47. The first-order chi connectivity index (χ1) is 9.06. The molecule has 1 heterocycles. The van der Waals surface area contributed by atoms with Gasteiger partial charge in [-0.25, -0.2) is 13.8 Å². The maximum absolute atomic E-state index is 13.1. The molecule has 0 saturated heterocycles. The van der Waals surface area contributed by atoms with Crippen LogP contribution in [0, 0.1) is 11.6 Å². The molecule has 0 unspecified atom stereocenters. The molecule has 0 fully saturated rings. The first-order valence-corrected chi connectivity index (χ1v) is 6.11. The van der Waals surface area contributed by atoms with E-state index in [2.05, 4.69) is 9.97 Å². The molecule has 3 aromatic rings. The van der Waals surface area contributed by atoms with Crippen LogP contribution in [-0.4, -0.2) is 9.97 Å². The lowest BCUT2D eigenvalue weighted by Crippen LogP contribution is -1.82. The van der Waals surface area contributed by atoms with E-state index in [-0.39, 0.29) is 0 Å². The van der Waals surface area contributed by atoms with Crippen molar-refractivity contribution < 1.29 is 8.78 Å². The van der Waals surface area contributed by atoms with Crippen molar-refractivity contribution in [2.24, 2.45) is 0 Å². The van der Waals surface area contributed by atoms with E-state index in [0.717, 1.165) is 12.1 Å². The third-order valence-electron chi connectivity index (χ3n) is 2.73. The number of hydrogen-bond acceptors (Lipinski definition) is 1. The number of nitrogens with one attached hydrogen (secondary N) is 1. The lowest BCUT2D eigenvalue weighted by molar-refractivity contribution is 0.510. The van der Waals surface area contributed by atoms with E-state index in [4.69, 9.17) is 23.2 Å². The van der Waals surface area contributed by atoms with Crippen LogP contribution in [0.25, 0.3) is 22.4 Å². The summed E-state index contributed by atoms with van der Waals surface area (Å²) in [6.45, 7) is 0. The molecule has 1 N–H and O–H groups in total. The lowest BCUT2D eigenvalue weighted by atomic mass is 10.2. The Morgan fingerprint density at radius 3 is 2.58 bits per heavy atom. The van der Waals surface area contributed by atoms with Gasteiger partial charge in [0.2, 0.25) is 0 Å². The Hall–Kier alpha value is -1.65. The molecule has 0 bridgehead atoms. The second-order valence-electron chi connectivity index (χ2n) is 3.97. The average molecular weight is 299 g/mol. The van der Waals surface area contributed by atoms with Crippen LogP contribution in [0.2, 0.25) is 10.0 Å². The van der Waals surface area contributed by atoms with E-state index in [1.54, 1.807) is 18.2 Å². The Balaban J connectivity index is 2.23. The fraction of sp³-hybridized carbons (Fsp3) is 0. The number of halogens is 4. The van der Waals surface area contributed by atoms with Crippen LogP contribution in [0.1, 0.15) is 0 Å². The number of rotatable bonds is 1. The van der Waals surface area contributed by atoms with E-state index in [1.165, 1.54) is 0 Å². The molecule has 19 heavy (non-hydrogen) atoms. The minimum absolute atomic E-state index is 0.324. The van der Waals surface area contributed by atoms with Gasteiger partial charge in [-0.1, -0.05) is 29.3 Å². The van der Waals surface area contributed by atoms with Crippen LogP contribution in [0.3, 0.4) is 0 Å². The summed E-state index contributed by atoms with van der Waals surface area (Å²) >= 11 is 12.0. The zero-order valence-corrected chi connectivity index (χ0v) is 10.9. The summed E-state index contributed by atoms with van der Waals surface area (Å²) in [6.07, 6.45) is 0. The highest BCUT2D eigenvalue weighted by Crippen LogP contribution is 2.33. The summed E-state index contributed by atoms with van der Waals surface area (Å²) in [7, 11) is 0. The first-order valence-electron chi connectivity index (χ1n) is 5.35. The van der Waals surface area contributed by atoms with Crippen LogP contribution >= 0.6 is 23.2 Å². The Kier molecular flexibility index (Phi) is 2.92. The summed E-state index contributed by atoms with van der Waals surface area (Å²) in [5.41, 5.74) is 1.29. The van der Waals surface area contributed by atoms with E-state index < -0.39 is 11.6 Å². The van der Waals surface area contributed by atoms with E-state index in [9.17, 15) is 8.78 Å². The molecule has 0 radical (unpaired) electrons. The molecular weight excluding hydrogens is 293 g/mol. The highest BCUT2D eigenvalue weighted by molar-refractivity contribution is 6.43. The van der Waals surface area contributed by atoms with Crippen molar-refractivity contribution in [3.63, 3.8) is 0 Å². The molecule has 6 heteroatoms. The molecular formula is C13H6Cl2F2N2. The van der Waals surface area contributed by atoms with Gasteiger partial charge in [0.25, 0.3) is 0 Å². The summed E-state index contributed by atoms with van der Waals surface area (Å²) in [5.74, 6) is -1.46. The van der Waals surface area contributed by atoms with Gasteiger partial charge in [-0.2, -0.15) is 0 Å². The van der Waals surface area contributed by atoms with E-state index in [1.807, 2.05) is 0 Å². The maximum Gasteiger partial charge on any atom is 0.161 e. The molecule has 0 aliphatic carbocycles. The van der Waals surface area contributed by atoms with Crippen molar-refractivity contribution in [2.75, 3.05) is 0 Å². The minimum atomic E-state index is -0.942. The topological polar surface area (TPSA) is 28.7 Å². The number of imidazole rings is 1. The monoisotopic (exact) mass is 298 g/mol. The summed E-state index contributed by atoms with van der Waals surface area (Å²) in [5, 5.41) is 0.723. The highest BCUT2D eigenvalue weighted by atomic mass is 35.5. The average Bonchev–Trinajstić information content (AvgIpc) is 2.76. The van der Waals surface area contributed by atoms with Crippen molar-refractivity contribution in [1.82, 2.24) is 9.97 Å². The number of H-pyrrole nitrogens is 1. The quantitative estimate of drug-likeness (QED) is 0.686. The van der Waals surface area contributed by atoms with Gasteiger partial charge in [0.05, 0.1) is 21.1 Å². The third-order valence-corrected chi connectivity index (χ3v) is 3.55. The molecule has 0 atom stereocenters. The minimum Gasteiger partial charge on any atom is -0.338 e. The summed E-state index contributed by atoms with van der Waals surface area (Å²) < 4.78 is 26.3. The van der Waals surface area contributed by atoms with E-state index >= 15 is 0 Å². The van der Waals surface area contributed by atoms with Gasteiger partial charge < -0.3 is 4.98 Å². The van der Waals surface area contributed by atoms with Crippen LogP contribution in [0.15, 0.2) is 30.3 Å². The number of fused-ring (bicyclic) bond motifs is 1. The van der Waals surface area contributed by atoms with Crippen LogP contribution in [-0.2, 0) is 0 Å². The number of aromatic nitrogens is 2. The van der Waals surface area contributed by atoms with Crippen molar-refractivity contribution in [2.45, 2.75) is 0 Å². The molecule has 1 aromatic heterocycles. The van der Waals surface area contributed by atoms with Crippen molar-refractivity contribution in [3.05, 3.63) is 52.0 Å². The standard InChI is InChI=1S/C13H6Cl2F2N2/c14-7-3-1-2-6(12(7)15)13-18-10-4-8(16)9(17)5-11(10)19-13/h1-5H,(H,18,19). The SMILES string of the molecule is Fc1cc2nc(-c3cccc(Cl)c3Cl)[nH]c2cc1F. The molecule has 0 amide bonds. The Bertz CT molecular complexity index is 745. The van der Waals surface area contributed by atoms with Gasteiger partial charge in [0, 0.05) is 17.7 Å². The van der Waals surface area contributed by atoms with Crippen LogP contribution in [0.5, 0.6) is 0 Å². The molecule has 0 aliphatic heterocycles. The lowest BCUT2D eigenvalue weighted by Gasteiger charge is -2.01. The number of aromatic amines is 1. The Morgan fingerprint density at radius 1 is 1.05 bits per heavy atom. The third kappa shape index (κ3) is 2.07. The molecule has 0 saturated carbocycles. The van der Waals surface area contributed by atoms with Crippen LogP contribution in [0.4, 0.5) is 8.78 Å². The smallest absolute Gasteiger partial charge is 0.161 e. The van der Waals surface area contributed by atoms with Crippen LogP contribution < -0.4 is 0 Å². The van der Waals surface area contributed by atoms with Gasteiger partial charge in [-0.3, -0.25) is 0 Å². The van der Waals surface area contributed by atoms with E-state index in [0.29, 0.717) is 32.5 Å². The van der Waals surface area contributed by atoms with Gasteiger partial charge >= 0.3 is 0 Å². The van der Waals surface area contributed by atoms with Crippen molar-refractivity contribution in [1.29, 1.82) is 0 Å². The van der Waals surface area contributed by atoms with Crippen molar-refractivity contribution >= 4 is 34.2 Å². The normalized spacial score (nSPS) is 11.2. The van der Waals surface area contributed by atoms with Gasteiger partial charge in [-0.15, -0.1) is 0 Å². The molecule has 2 nitrogen and oxygen atoms in total. The van der Waals surface area contributed by atoms with Gasteiger partial charge in [-0.05, 0) is 12.1 Å². The van der Waals surface area contributed by atoms with Crippen molar-refractivity contribution in [3.8, 4) is 11.4 Å². The zero-order valence-electron chi connectivity index (χ0n) is 9.35. The molecule has 3 rings (SSSR count). The largest absolute Gasteiger partial charge is 0.338 e. The van der Waals surface area contributed by atoms with Gasteiger partial charge in [0.1, 0.15) is 5.82 Å². The number of nitrogens with zero attached hydrogens (tertiary/aromatic N) is 1. The number of benzene rings is 2. The summed E-state index contributed by atoms with van der Waals surface area (Å²) in [4.78, 5) is 7.07. The Labute approximate surface area is 117 Å². The predicted molar refractivity (Wildman–Crippen MR) is 71.5 cm³/mol.